The largest absolute Gasteiger partial charge is 0.368 e. The van der Waals surface area contributed by atoms with Gasteiger partial charge in [0.25, 0.3) is 0 Å². The van der Waals surface area contributed by atoms with Crippen LogP contribution in [0.1, 0.15) is 37.8 Å². The third kappa shape index (κ3) is 4.44. The van der Waals surface area contributed by atoms with Gasteiger partial charge in [0.15, 0.2) is 0 Å². The first kappa shape index (κ1) is 22.2. The van der Waals surface area contributed by atoms with Gasteiger partial charge in [-0.3, -0.25) is 4.79 Å². The Kier molecular flexibility index (Phi) is 6.25. The molecule has 1 N–H and O–H groups in total. The van der Waals surface area contributed by atoms with Gasteiger partial charge >= 0.3 is 0 Å². The van der Waals surface area contributed by atoms with Gasteiger partial charge in [-0.15, -0.1) is 0 Å². The van der Waals surface area contributed by atoms with Crippen LogP contribution in [0.25, 0.3) is 11.0 Å². The van der Waals surface area contributed by atoms with E-state index in [1.54, 1.807) is 18.5 Å². The number of piperazine rings is 1. The number of hydrogen-bond donors (Lipinski definition) is 1. The molecule has 5 rings (SSSR count). The summed E-state index contributed by atoms with van der Waals surface area (Å²) >= 11 is 5.93. The zero-order chi connectivity index (χ0) is 22.9. The molecular weight excluding hydrogens is 441 g/mol. The average molecular weight is 470 g/mol. The molecule has 33 heavy (non-hydrogen) atoms. The molecule has 0 radical (unpaired) electrons. The molecule has 0 bridgehead atoms. The number of anilines is 1. The lowest BCUT2D eigenvalue weighted by atomic mass is 10.0. The normalized spacial score (nSPS) is 20.3. The molecule has 3 heterocycles. The van der Waals surface area contributed by atoms with E-state index >= 15 is 0 Å². The van der Waals surface area contributed by atoms with E-state index in [0.717, 1.165) is 68.7 Å². The van der Waals surface area contributed by atoms with Crippen LogP contribution in [0.4, 0.5) is 10.1 Å². The van der Waals surface area contributed by atoms with Crippen LogP contribution in [0.3, 0.4) is 0 Å². The van der Waals surface area contributed by atoms with Crippen molar-refractivity contribution in [3.8, 4) is 0 Å². The number of fused-ring (bicyclic) bond motifs is 1. The number of piperidine rings is 1. The molecule has 2 fully saturated rings. The Balaban J connectivity index is 1.32. The van der Waals surface area contributed by atoms with E-state index in [1.165, 1.54) is 6.07 Å². The van der Waals surface area contributed by atoms with Crippen LogP contribution >= 0.6 is 11.6 Å². The minimum atomic E-state index is -0.318. The number of rotatable bonds is 4. The van der Waals surface area contributed by atoms with Gasteiger partial charge in [0.05, 0.1) is 29.4 Å². The number of aromatic nitrogens is 2. The molecule has 3 aromatic rings. The molecule has 1 unspecified atom stereocenters. The van der Waals surface area contributed by atoms with Gasteiger partial charge < -0.3 is 19.7 Å². The van der Waals surface area contributed by atoms with Crippen molar-refractivity contribution < 1.29 is 9.18 Å². The van der Waals surface area contributed by atoms with Crippen LogP contribution in [-0.2, 0) is 4.79 Å². The Morgan fingerprint density at radius 1 is 1.15 bits per heavy atom. The van der Waals surface area contributed by atoms with Gasteiger partial charge in [0, 0.05) is 42.5 Å². The van der Waals surface area contributed by atoms with Crippen molar-refractivity contribution in [2.24, 2.45) is 0 Å². The Labute approximate surface area is 198 Å². The van der Waals surface area contributed by atoms with Crippen molar-refractivity contribution in [1.29, 1.82) is 0 Å². The van der Waals surface area contributed by atoms with Crippen LogP contribution in [0.15, 0.2) is 42.7 Å². The van der Waals surface area contributed by atoms with Gasteiger partial charge in [0.2, 0.25) is 5.91 Å². The number of benzene rings is 2. The van der Waals surface area contributed by atoms with Gasteiger partial charge in [-0.1, -0.05) is 24.1 Å². The predicted octanol–water partition coefficient (Wildman–Crippen LogP) is 4.23. The third-order valence-electron chi connectivity index (χ3n) is 6.95. The summed E-state index contributed by atoms with van der Waals surface area (Å²) in [6.45, 7) is 5.92. The summed E-state index contributed by atoms with van der Waals surface area (Å²) in [4.78, 5) is 21.7. The number of halogens is 2. The molecule has 0 saturated carbocycles. The van der Waals surface area contributed by atoms with Crippen LogP contribution in [0.2, 0.25) is 5.02 Å². The third-order valence-corrected chi connectivity index (χ3v) is 7.19. The maximum atomic E-state index is 14.5. The molecule has 2 aromatic carbocycles. The Hall–Kier alpha value is -2.64. The van der Waals surface area contributed by atoms with Crippen LogP contribution in [0, 0.1) is 5.82 Å². The lowest BCUT2D eigenvalue weighted by molar-refractivity contribution is -0.134. The van der Waals surface area contributed by atoms with Crippen molar-refractivity contribution >= 4 is 34.2 Å². The second kappa shape index (κ2) is 9.31. The molecule has 2 aliphatic rings. The van der Waals surface area contributed by atoms with Crippen molar-refractivity contribution in [3.63, 3.8) is 0 Å². The van der Waals surface area contributed by atoms with E-state index in [9.17, 15) is 9.18 Å². The first-order chi connectivity index (χ1) is 16.0. The number of imidazole rings is 1. The van der Waals surface area contributed by atoms with Crippen molar-refractivity contribution in [2.75, 3.05) is 37.6 Å². The highest BCUT2D eigenvalue weighted by atomic mass is 35.5. The summed E-state index contributed by atoms with van der Waals surface area (Å²) in [6.07, 6.45) is 4.97. The van der Waals surface area contributed by atoms with E-state index in [0.29, 0.717) is 10.6 Å². The fourth-order valence-electron chi connectivity index (χ4n) is 4.98. The van der Waals surface area contributed by atoms with Gasteiger partial charge in [-0.2, -0.15) is 0 Å². The van der Waals surface area contributed by atoms with Gasteiger partial charge in [0.1, 0.15) is 5.82 Å². The zero-order valence-electron chi connectivity index (χ0n) is 18.8. The van der Waals surface area contributed by atoms with E-state index in [-0.39, 0.29) is 23.8 Å². The molecule has 2 atom stereocenters. The lowest BCUT2D eigenvalue weighted by Crippen LogP contribution is -2.55. The summed E-state index contributed by atoms with van der Waals surface area (Å²) in [5.41, 5.74) is 3.50. The number of carbonyl (C=O) groups is 1. The monoisotopic (exact) mass is 469 g/mol. The summed E-state index contributed by atoms with van der Waals surface area (Å²) in [5.74, 6) is -0.0806. The first-order valence-electron chi connectivity index (χ1n) is 11.7. The molecule has 0 aliphatic carbocycles. The molecule has 0 spiro atoms. The van der Waals surface area contributed by atoms with Crippen LogP contribution in [-0.4, -0.2) is 59.1 Å². The average Bonchev–Trinajstić information content (AvgIpc) is 3.27. The number of hydrogen-bond acceptors (Lipinski definition) is 4. The maximum Gasteiger partial charge on any atom is 0.239 e. The van der Waals surface area contributed by atoms with Crippen molar-refractivity contribution in [3.05, 3.63) is 59.1 Å². The molecule has 1 aromatic heterocycles. The highest BCUT2D eigenvalue weighted by Crippen LogP contribution is 2.29. The minimum absolute atomic E-state index is 0.0225. The smallest absolute Gasteiger partial charge is 0.239 e. The lowest BCUT2D eigenvalue weighted by Gasteiger charge is -2.38. The SMILES string of the molecule is CC(c1ccc(Cl)cc1F)n1cnc2ccc(N3CCN(C(=O)[C@H]4CCCCN4)CC3)cc21. The van der Waals surface area contributed by atoms with Crippen LogP contribution < -0.4 is 10.2 Å². The summed E-state index contributed by atoms with van der Waals surface area (Å²) in [5, 5.41) is 3.75. The highest BCUT2D eigenvalue weighted by Gasteiger charge is 2.28. The Morgan fingerprint density at radius 2 is 1.97 bits per heavy atom. The molecule has 2 aliphatic heterocycles. The standard InChI is InChI=1S/C25H29ClFN5O/c1-17(20-7-5-18(26)14-21(20)27)32-16-29-22-8-6-19(15-24(22)32)30-10-12-31(13-11-30)25(33)23-4-2-3-9-28-23/h5-8,14-17,23,28H,2-4,9-13H2,1H3/t17?,23-/m1/s1. The van der Waals surface area contributed by atoms with Gasteiger partial charge in [-0.05, 0) is 56.6 Å². The second-order valence-electron chi connectivity index (χ2n) is 8.98. The number of amides is 1. The maximum absolute atomic E-state index is 14.5. The fraction of sp³-hybridized carbons (Fsp3) is 0.440. The summed E-state index contributed by atoms with van der Waals surface area (Å²) < 4.78 is 16.5. The topological polar surface area (TPSA) is 53.4 Å². The Bertz CT molecular complexity index is 1150. The quantitative estimate of drug-likeness (QED) is 0.621. The second-order valence-corrected chi connectivity index (χ2v) is 9.42. The molecule has 6 nitrogen and oxygen atoms in total. The van der Waals surface area contributed by atoms with E-state index in [2.05, 4.69) is 27.3 Å². The van der Waals surface area contributed by atoms with Crippen LogP contribution in [0.5, 0.6) is 0 Å². The first-order valence-corrected chi connectivity index (χ1v) is 12.1. The molecule has 174 valence electrons. The predicted molar refractivity (Wildman–Crippen MR) is 129 cm³/mol. The zero-order valence-corrected chi connectivity index (χ0v) is 19.6. The summed E-state index contributed by atoms with van der Waals surface area (Å²) in [6, 6.07) is 10.8. The van der Waals surface area contributed by atoms with E-state index in [1.807, 2.05) is 22.5 Å². The molecule has 8 heteroatoms. The van der Waals surface area contributed by atoms with Crippen molar-refractivity contribution in [2.45, 2.75) is 38.3 Å². The number of carbonyl (C=O) groups excluding carboxylic acids is 1. The van der Waals surface area contributed by atoms with E-state index < -0.39 is 0 Å². The van der Waals surface area contributed by atoms with Gasteiger partial charge in [-0.25, -0.2) is 9.37 Å². The molecular formula is C25H29ClFN5O. The molecule has 2 saturated heterocycles. The number of nitrogens with zero attached hydrogens (tertiary/aromatic N) is 4. The Morgan fingerprint density at radius 3 is 2.70 bits per heavy atom. The minimum Gasteiger partial charge on any atom is -0.368 e. The number of nitrogens with one attached hydrogen (secondary N) is 1. The van der Waals surface area contributed by atoms with Crippen molar-refractivity contribution in [1.82, 2.24) is 19.8 Å². The molecule has 1 amide bonds. The highest BCUT2D eigenvalue weighted by molar-refractivity contribution is 6.30. The van der Waals surface area contributed by atoms with E-state index in [4.69, 9.17) is 11.6 Å². The fourth-order valence-corrected chi connectivity index (χ4v) is 5.14. The summed E-state index contributed by atoms with van der Waals surface area (Å²) in [7, 11) is 0.